The Bertz CT molecular complexity index is 1180. The molecule has 0 bridgehead atoms. The second-order valence-corrected chi connectivity index (χ2v) is 8.35. The van der Waals surface area contributed by atoms with Crippen LogP contribution in [0.15, 0.2) is 53.7 Å². The Morgan fingerprint density at radius 3 is 2.70 bits per heavy atom. The fourth-order valence-electron chi connectivity index (χ4n) is 3.75. The van der Waals surface area contributed by atoms with Crippen LogP contribution in [-0.2, 0) is 20.9 Å². The van der Waals surface area contributed by atoms with E-state index in [1.807, 2.05) is 28.8 Å². The molecule has 0 saturated heterocycles. The van der Waals surface area contributed by atoms with Crippen LogP contribution in [0, 0.1) is 0 Å². The first kappa shape index (κ1) is 23.1. The zero-order chi connectivity index (χ0) is 23.6. The van der Waals surface area contributed by atoms with Crippen LogP contribution >= 0.6 is 11.8 Å². The van der Waals surface area contributed by atoms with Crippen molar-refractivity contribution in [2.75, 3.05) is 29.7 Å². The predicted octanol–water partition coefficient (Wildman–Crippen LogP) is 4.08. The Morgan fingerprint density at radius 2 is 1.94 bits per heavy atom. The third-order valence-corrected chi connectivity index (χ3v) is 6.20. The van der Waals surface area contributed by atoms with Gasteiger partial charge in [-0.2, -0.15) is 13.2 Å². The van der Waals surface area contributed by atoms with Crippen LogP contribution in [0.25, 0.3) is 11.0 Å². The third kappa shape index (κ3) is 4.83. The van der Waals surface area contributed by atoms with Gasteiger partial charge >= 0.3 is 6.18 Å². The zero-order valence-electron chi connectivity index (χ0n) is 17.6. The zero-order valence-corrected chi connectivity index (χ0v) is 18.4. The molecule has 1 aliphatic heterocycles. The Hall–Kier alpha value is -3.05. The molecule has 174 valence electrons. The average molecular weight is 478 g/mol. The fraction of sp³-hybridized carbons (Fsp3) is 0.318. The van der Waals surface area contributed by atoms with Crippen molar-refractivity contribution in [2.24, 2.45) is 0 Å². The van der Waals surface area contributed by atoms with Crippen LogP contribution < -0.4 is 10.2 Å². The monoisotopic (exact) mass is 478 g/mol. The van der Waals surface area contributed by atoms with E-state index in [9.17, 15) is 22.8 Å². The van der Waals surface area contributed by atoms with Crippen LogP contribution in [0.3, 0.4) is 0 Å². The molecule has 3 aromatic rings. The Kier molecular flexibility index (Phi) is 6.61. The Labute approximate surface area is 191 Å². The number of carbonyl (C=O) groups is 2. The maximum atomic E-state index is 13.9. The Morgan fingerprint density at radius 1 is 1.21 bits per heavy atom. The van der Waals surface area contributed by atoms with Crippen molar-refractivity contribution in [2.45, 2.75) is 30.3 Å². The number of nitrogens with zero attached hydrogens (tertiary/aromatic N) is 3. The number of alkyl halides is 3. The largest absolute Gasteiger partial charge is 0.409 e. The molecule has 1 atom stereocenters. The lowest BCUT2D eigenvalue weighted by Crippen LogP contribution is -2.50. The molecule has 2 heterocycles. The van der Waals surface area contributed by atoms with Gasteiger partial charge in [-0.3, -0.25) is 14.5 Å². The van der Waals surface area contributed by atoms with Crippen molar-refractivity contribution < 1.29 is 27.5 Å². The first-order valence-corrected chi connectivity index (χ1v) is 11.1. The molecule has 2 amide bonds. The molecule has 0 aliphatic carbocycles. The topological polar surface area (TPSA) is 76.5 Å². The highest BCUT2D eigenvalue weighted by molar-refractivity contribution is 7.99. The fourth-order valence-corrected chi connectivity index (χ4v) is 4.65. The smallest absolute Gasteiger partial charge is 0.383 e. The van der Waals surface area contributed by atoms with Crippen molar-refractivity contribution in [1.29, 1.82) is 0 Å². The van der Waals surface area contributed by atoms with Gasteiger partial charge < -0.3 is 14.6 Å². The van der Waals surface area contributed by atoms with Gasteiger partial charge in [-0.05, 0) is 24.3 Å². The third-order valence-electron chi connectivity index (χ3n) is 5.24. The molecule has 0 fully saturated rings. The number of para-hydroxylation sites is 4. The summed E-state index contributed by atoms with van der Waals surface area (Å²) in [6.45, 7) is 0.884. The van der Waals surface area contributed by atoms with Crippen molar-refractivity contribution in [1.82, 2.24) is 9.55 Å². The first-order chi connectivity index (χ1) is 15.8. The number of halogens is 3. The molecule has 1 unspecified atom stereocenters. The van der Waals surface area contributed by atoms with E-state index in [1.165, 1.54) is 18.2 Å². The number of anilines is 2. The number of rotatable bonds is 6. The number of benzene rings is 2. The van der Waals surface area contributed by atoms with Gasteiger partial charge in [-0.15, -0.1) is 0 Å². The summed E-state index contributed by atoms with van der Waals surface area (Å²) < 4.78 is 48.7. The number of amides is 2. The second kappa shape index (κ2) is 9.44. The highest BCUT2D eigenvalue weighted by Gasteiger charge is 2.48. The number of hydrogen-bond acceptors (Lipinski definition) is 5. The van der Waals surface area contributed by atoms with E-state index in [0.717, 1.165) is 17.3 Å². The van der Waals surface area contributed by atoms with Gasteiger partial charge in [0.15, 0.2) is 5.16 Å². The number of thioether (sulfide) groups is 1. The van der Waals surface area contributed by atoms with E-state index >= 15 is 0 Å². The summed E-state index contributed by atoms with van der Waals surface area (Å²) in [7, 11) is 1.57. The lowest BCUT2D eigenvalue weighted by atomic mass is 10.1. The molecule has 0 radical (unpaired) electrons. The molecule has 7 nitrogen and oxygen atoms in total. The average Bonchev–Trinajstić information content (AvgIpc) is 3.04. The minimum absolute atomic E-state index is 0.0177. The second-order valence-electron chi connectivity index (χ2n) is 7.41. The molecule has 11 heteroatoms. The van der Waals surface area contributed by atoms with Crippen LogP contribution in [-0.4, -0.2) is 53.1 Å². The molecular weight excluding hydrogens is 457 g/mol. The maximum Gasteiger partial charge on any atom is 0.409 e. The van der Waals surface area contributed by atoms with E-state index in [2.05, 4.69) is 10.3 Å². The minimum Gasteiger partial charge on any atom is -0.383 e. The van der Waals surface area contributed by atoms with E-state index in [1.54, 1.807) is 13.2 Å². The molecule has 2 aromatic carbocycles. The normalized spacial score (nSPS) is 16.4. The van der Waals surface area contributed by atoms with Crippen LogP contribution in [0.2, 0.25) is 0 Å². The number of nitrogens with one attached hydrogen (secondary N) is 1. The summed E-state index contributed by atoms with van der Waals surface area (Å²) in [6.07, 6.45) is -5.65. The van der Waals surface area contributed by atoms with Gasteiger partial charge in [0.1, 0.15) is 6.04 Å². The molecule has 33 heavy (non-hydrogen) atoms. The summed E-state index contributed by atoms with van der Waals surface area (Å²) in [6, 6.07) is 11.1. The van der Waals surface area contributed by atoms with Crippen molar-refractivity contribution in [3.8, 4) is 0 Å². The van der Waals surface area contributed by atoms with Gasteiger partial charge in [-0.1, -0.05) is 36.0 Å². The summed E-state index contributed by atoms with van der Waals surface area (Å²) in [5.41, 5.74) is 1.74. The molecule has 1 N–H and O–H groups in total. The lowest BCUT2D eigenvalue weighted by Gasteiger charge is -2.31. The molecule has 1 aliphatic rings. The quantitative estimate of drug-likeness (QED) is 0.541. The number of aromatic nitrogens is 2. The molecule has 0 saturated carbocycles. The van der Waals surface area contributed by atoms with Crippen molar-refractivity contribution in [3.05, 3.63) is 48.5 Å². The van der Waals surface area contributed by atoms with Gasteiger partial charge in [0.05, 0.1) is 41.2 Å². The number of methoxy groups -OCH3 is 1. The van der Waals surface area contributed by atoms with Crippen LogP contribution in [0.5, 0.6) is 0 Å². The molecule has 0 spiro atoms. The van der Waals surface area contributed by atoms with Crippen LogP contribution in [0.1, 0.15) is 6.42 Å². The van der Waals surface area contributed by atoms with Crippen LogP contribution in [0.4, 0.5) is 24.5 Å². The predicted molar refractivity (Wildman–Crippen MR) is 119 cm³/mol. The summed E-state index contributed by atoms with van der Waals surface area (Å²) in [5.74, 6) is -1.85. The number of fused-ring (bicyclic) bond motifs is 2. The van der Waals surface area contributed by atoms with E-state index in [-0.39, 0.29) is 17.1 Å². The SMILES string of the molecule is COCCn1c(SCC(=O)N2c3ccccc3NC(=O)CC2C(F)(F)F)nc2ccccc21. The highest BCUT2D eigenvalue weighted by Crippen LogP contribution is 2.38. The first-order valence-electron chi connectivity index (χ1n) is 10.1. The lowest BCUT2D eigenvalue weighted by molar-refractivity contribution is -0.157. The van der Waals surface area contributed by atoms with E-state index in [0.29, 0.717) is 28.7 Å². The highest BCUT2D eigenvalue weighted by atomic mass is 32.2. The van der Waals surface area contributed by atoms with Gasteiger partial charge in [0.25, 0.3) is 0 Å². The van der Waals surface area contributed by atoms with Crippen molar-refractivity contribution in [3.63, 3.8) is 0 Å². The van der Waals surface area contributed by atoms with Gasteiger partial charge in [0.2, 0.25) is 11.8 Å². The molecule has 1 aromatic heterocycles. The summed E-state index contributed by atoms with van der Waals surface area (Å²) >= 11 is 1.05. The van der Waals surface area contributed by atoms with Gasteiger partial charge in [-0.25, -0.2) is 4.98 Å². The number of imidazole rings is 1. The summed E-state index contributed by atoms with van der Waals surface area (Å²) in [5, 5.41) is 2.97. The van der Waals surface area contributed by atoms with Gasteiger partial charge in [0, 0.05) is 13.7 Å². The molecule has 4 rings (SSSR count). The number of ether oxygens (including phenoxy) is 1. The van der Waals surface area contributed by atoms with E-state index in [4.69, 9.17) is 4.74 Å². The minimum atomic E-state index is -4.78. The number of carbonyl (C=O) groups excluding carboxylic acids is 2. The standard InChI is InChI=1S/C22H21F3N4O3S/c1-32-11-10-28-16-8-4-2-6-14(16)27-21(28)33-13-20(31)29-17-9-5-3-7-15(17)26-19(30)12-18(29)22(23,24)25/h2-9,18H,10-13H2,1H3,(H,26,30). The van der Waals surface area contributed by atoms with E-state index < -0.39 is 30.5 Å². The number of hydrogen-bond donors (Lipinski definition) is 1. The maximum absolute atomic E-state index is 13.9. The van der Waals surface area contributed by atoms with Crippen molar-refractivity contribution >= 4 is 46.0 Å². The molecular formula is C22H21F3N4O3S. The summed E-state index contributed by atoms with van der Waals surface area (Å²) in [4.78, 5) is 30.5. The Balaban J connectivity index is 1.65.